The Bertz CT molecular complexity index is 632. The van der Waals surface area contributed by atoms with Crippen LogP contribution in [0, 0.1) is 13.8 Å². The van der Waals surface area contributed by atoms with E-state index >= 15 is 0 Å². The fraction of sp³-hybridized carbons (Fsp3) is 0.438. The molecule has 5 heteroatoms. The summed E-state index contributed by atoms with van der Waals surface area (Å²) in [5.74, 6) is 1.67. The molecule has 1 aliphatic rings. The van der Waals surface area contributed by atoms with Gasteiger partial charge in [0.25, 0.3) is 0 Å². The van der Waals surface area contributed by atoms with Crippen LogP contribution in [0.2, 0.25) is 0 Å². The highest BCUT2D eigenvalue weighted by Gasteiger charge is 2.19. The van der Waals surface area contributed by atoms with E-state index in [0.29, 0.717) is 5.82 Å². The van der Waals surface area contributed by atoms with Crippen molar-refractivity contribution in [3.63, 3.8) is 0 Å². The molecule has 1 aromatic carbocycles. The van der Waals surface area contributed by atoms with Crippen LogP contribution < -0.4 is 4.90 Å². The first-order valence-corrected chi connectivity index (χ1v) is 7.35. The van der Waals surface area contributed by atoms with Crippen LogP contribution in [0.4, 0.5) is 5.82 Å². The second kappa shape index (κ2) is 5.77. The molecular formula is C16H21N5. The van der Waals surface area contributed by atoms with Crippen molar-refractivity contribution in [2.24, 2.45) is 0 Å². The lowest BCUT2D eigenvalue weighted by Gasteiger charge is -2.33. The third kappa shape index (κ3) is 3.03. The lowest BCUT2D eigenvalue weighted by atomic mass is 10.1. The molecule has 0 atom stereocenters. The quantitative estimate of drug-likeness (QED) is 0.842. The second-order valence-electron chi connectivity index (χ2n) is 5.70. The normalized spacial score (nSPS) is 16.2. The monoisotopic (exact) mass is 283 g/mol. The van der Waals surface area contributed by atoms with E-state index in [1.54, 1.807) is 0 Å². The Morgan fingerprint density at radius 3 is 2.48 bits per heavy atom. The first kappa shape index (κ1) is 13.9. The summed E-state index contributed by atoms with van der Waals surface area (Å²) >= 11 is 0. The van der Waals surface area contributed by atoms with Gasteiger partial charge in [0.05, 0.1) is 0 Å². The molecule has 0 unspecified atom stereocenters. The molecule has 1 fully saturated rings. The molecular weight excluding hydrogens is 262 g/mol. The molecule has 0 spiro atoms. The number of anilines is 1. The summed E-state index contributed by atoms with van der Waals surface area (Å²) in [6, 6.07) is 8.24. The Morgan fingerprint density at radius 2 is 1.76 bits per heavy atom. The second-order valence-corrected chi connectivity index (χ2v) is 5.70. The van der Waals surface area contributed by atoms with Crippen molar-refractivity contribution >= 4 is 5.82 Å². The summed E-state index contributed by atoms with van der Waals surface area (Å²) in [4.78, 5) is 9.41. The zero-order valence-corrected chi connectivity index (χ0v) is 12.9. The minimum Gasteiger partial charge on any atom is -0.352 e. The molecule has 0 N–H and O–H groups in total. The summed E-state index contributed by atoms with van der Waals surface area (Å²) in [5.41, 5.74) is 3.13. The molecule has 3 rings (SSSR count). The molecule has 1 aromatic heterocycles. The smallest absolute Gasteiger partial charge is 0.183 e. The number of hydrogen-bond acceptors (Lipinski definition) is 5. The predicted molar refractivity (Wildman–Crippen MR) is 84.4 cm³/mol. The van der Waals surface area contributed by atoms with Gasteiger partial charge in [0.1, 0.15) is 5.69 Å². The molecule has 5 nitrogen and oxygen atoms in total. The van der Waals surface area contributed by atoms with E-state index in [2.05, 4.69) is 46.1 Å². The maximum absolute atomic E-state index is 4.77. The van der Waals surface area contributed by atoms with Crippen molar-refractivity contribution < 1.29 is 0 Å². The number of aromatic nitrogens is 3. The molecule has 0 radical (unpaired) electrons. The molecule has 1 saturated heterocycles. The van der Waals surface area contributed by atoms with Gasteiger partial charge in [0.15, 0.2) is 11.6 Å². The fourth-order valence-electron chi connectivity index (χ4n) is 2.59. The Balaban J connectivity index is 1.93. The molecule has 2 aromatic rings. The Morgan fingerprint density at radius 1 is 1.00 bits per heavy atom. The van der Waals surface area contributed by atoms with Crippen LogP contribution in [0.3, 0.4) is 0 Å². The number of likely N-dealkylation sites (N-methyl/N-ethyl adjacent to an activating group) is 1. The van der Waals surface area contributed by atoms with Gasteiger partial charge in [-0.15, -0.1) is 10.2 Å². The van der Waals surface area contributed by atoms with Crippen LogP contribution >= 0.6 is 0 Å². The van der Waals surface area contributed by atoms with Crippen molar-refractivity contribution in [2.75, 3.05) is 38.1 Å². The lowest BCUT2D eigenvalue weighted by Crippen LogP contribution is -2.45. The fourth-order valence-corrected chi connectivity index (χ4v) is 2.59. The molecule has 0 amide bonds. The maximum Gasteiger partial charge on any atom is 0.183 e. The average Bonchev–Trinajstić information content (AvgIpc) is 2.49. The topological polar surface area (TPSA) is 45.2 Å². The molecule has 0 aliphatic carbocycles. The van der Waals surface area contributed by atoms with E-state index in [4.69, 9.17) is 4.98 Å². The van der Waals surface area contributed by atoms with Gasteiger partial charge in [-0.3, -0.25) is 0 Å². The van der Waals surface area contributed by atoms with Gasteiger partial charge < -0.3 is 9.80 Å². The van der Waals surface area contributed by atoms with Crippen molar-refractivity contribution in [2.45, 2.75) is 13.8 Å². The van der Waals surface area contributed by atoms with Gasteiger partial charge in [0.2, 0.25) is 0 Å². The van der Waals surface area contributed by atoms with Crippen molar-refractivity contribution in [3.05, 3.63) is 35.5 Å². The van der Waals surface area contributed by atoms with Crippen molar-refractivity contribution in [1.29, 1.82) is 0 Å². The molecule has 0 bridgehead atoms. The van der Waals surface area contributed by atoms with Gasteiger partial charge >= 0.3 is 0 Å². The molecule has 110 valence electrons. The van der Waals surface area contributed by atoms with Gasteiger partial charge in [-0.05, 0) is 27.0 Å². The van der Waals surface area contributed by atoms with Gasteiger partial charge in [-0.2, -0.15) is 0 Å². The summed E-state index contributed by atoms with van der Waals surface area (Å²) < 4.78 is 0. The van der Waals surface area contributed by atoms with Crippen LogP contribution in [0.1, 0.15) is 11.3 Å². The SMILES string of the molecule is Cc1cccc(-c2nnc(C)c(N3CCN(C)CC3)n2)c1. The lowest BCUT2D eigenvalue weighted by molar-refractivity contribution is 0.311. The molecule has 1 aliphatic heterocycles. The van der Waals surface area contributed by atoms with Gasteiger partial charge in [0, 0.05) is 31.7 Å². The Hall–Kier alpha value is -2.01. The number of benzene rings is 1. The highest BCUT2D eigenvalue weighted by atomic mass is 15.3. The van der Waals surface area contributed by atoms with E-state index in [-0.39, 0.29) is 0 Å². The molecule has 21 heavy (non-hydrogen) atoms. The Labute approximate surface area is 125 Å². The van der Waals surface area contributed by atoms with E-state index in [0.717, 1.165) is 43.3 Å². The van der Waals surface area contributed by atoms with E-state index in [1.165, 1.54) is 5.56 Å². The summed E-state index contributed by atoms with van der Waals surface area (Å²) in [6.07, 6.45) is 0. The number of hydrogen-bond donors (Lipinski definition) is 0. The summed E-state index contributed by atoms with van der Waals surface area (Å²) in [7, 11) is 2.15. The van der Waals surface area contributed by atoms with Gasteiger partial charge in [-0.1, -0.05) is 23.8 Å². The maximum atomic E-state index is 4.77. The van der Waals surface area contributed by atoms with Crippen LogP contribution in [-0.2, 0) is 0 Å². The summed E-state index contributed by atoms with van der Waals surface area (Å²) in [6.45, 7) is 8.15. The third-order valence-corrected chi connectivity index (χ3v) is 3.91. The number of rotatable bonds is 2. The number of nitrogens with zero attached hydrogens (tertiary/aromatic N) is 5. The predicted octanol–water partition coefficient (Wildman–Crippen LogP) is 1.91. The highest BCUT2D eigenvalue weighted by molar-refractivity contribution is 5.58. The van der Waals surface area contributed by atoms with E-state index in [9.17, 15) is 0 Å². The minimum absolute atomic E-state index is 0.707. The Kier molecular flexibility index (Phi) is 3.84. The zero-order valence-electron chi connectivity index (χ0n) is 12.9. The van der Waals surface area contributed by atoms with Crippen molar-refractivity contribution in [1.82, 2.24) is 20.1 Å². The standard InChI is InChI=1S/C16H21N5/c1-12-5-4-6-14(11-12)15-17-16(13(2)18-19-15)21-9-7-20(3)8-10-21/h4-6,11H,7-10H2,1-3H3. The van der Waals surface area contributed by atoms with E-state index in [1.807, 2.05) is 19.1 Å². The van der Waals surface area contributed by atoms with Crippen molar-refractivity contribution in [3.8, 4) is 11.4 Å². The van der Waals surface area contributed by atoms with Crippen LogP contribution in [0.15, 0.2) is 24.3 Å². The van der Waals surface area contributed by atoms with Crippen LogP contribution in [-0.4, -0.2) is 53.3 Å². The largest absolute Gasteiger partial charge is 0.352 e. The molecule has 0 saturated carbocycles. The van der Waals surface area contributed by atoms with E-state index < -0.39 is 0 Å². The van der Waals surface area contributed by atoms with Crippen LogP contribution in [0.25, 0.3) is 11.4 Å². The first-order valence-electron chi connectivity index (χ1n) is 7.35. The summed E-state index contributed by atoms with van der Waals surface area (Å²) in [5, 5.41) is 8.57. The number of aryl methyl sites for hydroxylation is 2. The average molecular weight is 283 g/mol. The van der Waals surface area contributed by atoms with Gasteiger partial charge in [-0.25, -0.2) is 4.98 Å². The third-order valence-electron chi connectivity index (χ3n) is 3.91. The minimum atomic E-state index is 0.707. The first-order chi connectivity index (χ1) is 10.1. The highest BCUT2D eigenvalue weighted by Crippen LogP contribution is 2.21. The zero-order chi connectivity index (χ0) is 14.8. The van der Waals surface area contributed by atoms with Crippen LogP contribution in [0.5, 0.6) is 0 Å². The molecule has 2 heterocycles. The number of piperazine rings is 1.